The molecule has 0 saturated carbocycles. The van der Waals surface area contributed by atoms with E-state index in [1.807, 2.05) is 0 Å². The molecule has 2 heterocycles. The number of carbonyl (C=O) groups is 2. The summed E-state index contributed by atoms with van der Waals surface area (Å²) in [5.74, 6) is -0.0524. The lowest BCUT2D eigenvalue weighted by Gasteiger charge is -2.31. The largest absolute Gasteiger partial charge is 0.378 e. The van der Waals surface area contributed by atoms with E-state index in [2.05, 4.69) is 17.6 Å². The standard InChI is InChI=1S/C14H25N3O3/c1-10-3-4-12(9-15-10)13(18)16-11(2)14(19)17-5-7-20-8-6-17/h10-12,15H,3-9H2,1-2H3,(H,16,18). The number of ether oxygens (including phenoxy) is 1. The Bertz CT molecular complexity index is 348. The van der Waals surface area contributed by atoms with Gasteiger partial charge in [-0.25, -0.2) is 0 Å². The van der Waals surface area contributed by atoms with E-state index in [4.69, 9.17) is 4.74 Å². The molecule has 0 radical (unpaired) electrons. The number of carbonyl (C=O) groups excluding carboxylic acids is 2. The van der Waals surface area contributed by atoms with E-state index in [1.165, 1.54) is 0 Å². The molecule has 0 aromatic heterocycles. The van der Waals surface area contributed by atoms with Gasteiger partial charge in [-0.15, -0.1) is 0 Å². The van der Waals surface area contributed by atoms with Gasteiger partial charge in [-0.2, -0.15) is 0 Å². The van der Waals surface area contributed by atoms with Crippen LogP contribution in [-0.4, -0.2) is 61.6 Å². The molecular weight excluding hydrogens is 258 g/mol. The van der Waals surface area contributed by atoms with Crippen molar-refractivity contribution in [3.63, 3.8) is 0 Å². The number of amides is 2. The second-order valence-corrected chi connectivity index (χ2v) is 5.75. The quantitative estimate of drug-likeness (QED) is 0.748. The van der Waals surface area contributed by atoms with Gasteiger partial charge in [0, 0.05) is 25.7 Å². The number of nitrogens with one attached hydrogen (secondary N) is 2. The Labute approximate surface area is 120 Å². The zero-order valence-corrected chi connectivity index (χ0v) is 12.4. The molecule has 20 heavy (non-hydrogen) atoms. The van der Waals surface area contributed by atoms with Gasteiger partial charge in [-0.1, -0.05) is 0 Å². The number of piperidine rings is 1. The Balaban J connectivity index is 1.79. The molecule has 6 nitrogen and oxygen atoms in total. The van der Waals surface area contributed by atoms with Gasteiger partial charge in [0.25, 0.3) is 0 Å². The fourth-order valence-electron chi connectivity index (χ4n) is 2.67. The summed E-state index contributed by atoms with van der Waals surface area (Å²) in [4.78, 5) is 26.1. The Morgan fingerprint density at radius 1 is 1.30 bits per heavy atom. The van der Waals surface area contributed by atoms with E-state index < -0.39 is 6.04 Å². The van der Waals surface area contributed by atoms with Crippen LogP contribution >= 0.6 is 0 Å². The van der Waals surface area contributed by atoms with Crippen LogP contribution in [0.4, 0.5) is 0 Å². The Morgan fingerprint density at radius 3 is 2.60 bits per heavy atom. The van der Waals surface area contributed by atoms with E-state index in [-0.39, 0.29) is 17.7 Å². The highest BCUT2D eigenvalue weighted by molar-refractivity contribution is 5.88. The van der Waals surface area contributed by atoms with Gasteiger partial charge < -0.3 is 20.3 Å². The first-order valence-electron chi connectivity index (χ1n) is 7.48. The normalized spacial score (nSPS) is 28.8. The number of rotatable bonds is 3. The Kier molecular flexibility index (Phi) is 5.37. The van der Waals surface area contributed by atoms with Crippen LogP contribution in [0.3, 0.4) is 0 Å². The van der Waals surface area contributed by atoms with Crippen LogP contribution in [0, 0.1) is 5.92 Å². The van der Waals surface area contributed by atoms with E-state index in [0.717, 1.165) is 12.8 Å². The van der Waals surface area contributed by atoms with Gasteiger partial charge in [0.2, 0.25) is 11.8 Å². The summed E-state index contributed by atoms with van der Waals surface area (Å²) in [6, 6.07) is 0.0198. The lowest BCUT2D eigenvalue weighted by Crippen LogP contribution is -2.53. The zero-order chi connectivity index (χ0) is 14.5. The first-order valence-corrected chi connectivity index (χ1v) is 7.48. The third-order valence-electron chi connectivity index (χ3n) is 4.08. The van der Waals surface area contributed by atoms with Crippen molar-refractivity contribution >= 4 is 11.8 Å². The van der Waals surface area contributed by atoms with Crippen LogP contribution in [0.25, 0.3) is 0 Å². The summed E-state index contributed by atoms with van der Waals surface area (Å²) in [5.41, 5.74) is 0. The first kappa shape index (κ1) is 15.3. The fraction of sp³-hybridized carbons (Fsp3) is 0.857. The van der Waals surface area contributed by atoms with E-state index in [1.54, 1.807) is 11.8 Å². The number of nitrogens with zero attached hydrogens (tertiary/aromatic N) is 1. The molecule has 0 aliphatic carbocycles. The van der Waals surface area contributed by atoms with Crippen molar-refractivity contribution in [2.24, 2.45) is 5.92 Å². The van der Waals surface area contributed by atoms with E-state index >= 15 is 0 Å². The second kappa shape index (κ2) is 7.04. The minimum absolute atomic E-state index is 0.0150. The first-order chi connectivity index (χ1) is 9.58. The molecule has 2 aliphatic heterocycles. The molecule has 2 amide bonds. The van der Waals surface area contributed by atoms with Crippen LogP contribution in [0.2, 0.25) is 0 Å². The van der Waals surface area contributed by atoms with Crippen molar-refractivity contribution in [2.75, 3.05) is 32.8 Å². The van der Waals surface area contributed by atoms with Gasteiger partial charge in [0.05, 0.1) is 19.1 Å². The highest BCUT2D eigenvalue weighted by atomic mass is 16.5. The summed E-state index contributed by atoms with van der Waals surface area (Å²) in [6.45, 7) is 6.97. The van der Waals surface area contributed by atoms with Crippen molar-refractivity contribution in [3.8, 4) is 0 Å². The summed E-state index contributed by atoms with van der Waals surface area (Å²) in [5, 5.41) is 6.16. The fourth-order valence-corrected chi connectivity index (χ4v) is 2.67. The molecule has 2 aliphatic rings. The lowest BCUT2D eigenvalue weighted by molar-refractivity contribution is -0.140. The summed E-state index contributed by atoms with van der Waals surface area (Å²) in [7, 11) is 0. The second-order valence-electron chi connectivity index (χ2n) is 5.75. The van der Waals surface area contributed by atoms with Gasteiger partial charge in [-0.3, -0.25) is 9.59 Å². The summed E-state index contributed by atoms with van der Waals surface area (Å²) in [6.07, 6.45) is 1.89. The van der Waals surface area contributed by atoms with Crippen molar-refractivity contribution in [1.82, 2.24) is 15.5 Å². The molecule has 0 bridgehead atoms. The third kappa shape index (κ3) is 3.93. The maximum atomic E-state index is 12.2. The predicted molar refractivity (Wildman–Crippen MR) is 75.2 cm³/mol. The molecule has 0 spiro atoms. The van der Waals surface area contributed by atoms with Crippen molar-refractivity contribution in [2.45, 2.75) is 38.8 Å². The Morgan fingerprint density at radius 2 is 2.00 bits per heavy atom. The molecule has 0 aromatic rings. The SMILES string of the molecule is CC1CCC(C(=O)NC(C)C(=O)N2CCOCC2)CN1. The van der Waals surface area contributed by atoms with Gasteiger partial charge >= 0.3 is 0 Å². The van der Waals surface area contributed by atoms with Crippen LogP contribution in [0.1, 0.15) is 26.7 Å². The average Bonchev–Trinajstić information content (AvgIpc) is 2.48. The highest BCUT2D eigenvalue weighted by Gasteiger charge is 2.28. The van der Waals surface area contributed by atoms with Crippen molar-refractivity contribution in [1.29, 1.82) is 0 Å². The minimum Gasteiger partial charge on any atom is -0.378 e. The average molecular weight is 283 g/mol. The van der Waals surface area contributed by atoms with Crippen molar-refractivity contribution < 1.29 is 14.3 Å². The van der Waals surface area contributed by atoms with Gasteiger partial charge in [-0.05, 0) is 26.7 Å². The van der Waals surface area contributed by atoms with E-state index in [0.29, 0.717) is 38.9 Å². The summed E-state index contributed by atoms with van der Waals surface area (Å²) < 4.78 is 5.23. The number of morpholine rings is 1. The molecule has 3 atom stereocenters. The van der Waals surface area contributed by atoms with Crippen LogP contribution in [0.15, 0.2) is 0 Å². The Hall–Kier alpha value is -1.14. The lowest BCUT2D eigenvalue weighted by atomic mass is 9.94. The molecule has 2 rings (SSSR count). The number of hydrogen-bond donors (Lipinski definition) is 2. The van der Waals surface area contributed by atoms with Gasteiger partial charge in [0.15, 0.2) is 0 Å². The monoisotopic (exact) mass is 283 g/mol. The summed E-state index contributed by atoms with van der Waals surface area (Å²) >= 11 is 0. The molecule has 2 N–H and O–H groups in total. The van der Waals surface area contributed by atoms with Crippen LogP contribution < -0.4 is 10.6 Å². The molecule has 2 saturated heterocycles. The molecule has 6 heteroatoms. The predicted octanol–water partition coefficient (Wildman–Crippen LogP) is -0.262. The third-order valence-corrected chi connectivity index (χ3v) is 4.08. The van der Waals surface area contributed by atoms with Crippen molar-refractivity contribution in [3.05, 3.63) is 0 Å². The minimum atomic E-state index is -0.458. The van der Waals surface area contributed by atoms with Crippen LogP contribution in [-0.2, 0) is 14.3 Å². The molecular formula is C14H25N3O3. The molecule has 114 valence electrons. The molecule has 3 unspecified atom stereocenters. The van der Waals surface area contributed by atoms with E-state index in [9.17, 15) is 9.59 Å². The zero-order valence-electron chi connectivity index (χ0n) is 12.4. The topological polar surface area (TPSA) is 70.7 Å². The smallest absolute Gasteiger partial charge is 0.245 e. The molecule has 2 fully saturated rings. The molecule has 0 aromatic carbocycles. The maximum Gasteiger partial charge on any atom is 0.245 e. The van der Waals surface area contributed by atoms with Crippen LogP contribution in [0.5, 0.6) is 0 Å². The highest BCUT2D eigenvalue weighted by Crippen LogP contribution is 2.14. The number of hydrogen-bond acceptors (Lipinski definition) is 4. The maximum absolute atomic E-state index is 12.2. The van der Waals surface area contributed by atoms with Gasteiger partial charge in [0.1, 0.15) is 6.04 Å².